The van der Waals surface area contributed by atoms with E-state index in [1.807, 2.05) is 0 Å². The van der Waals surface area contributed by atoms with Crippen LogP contribution in [0.25, 0.3) is 0 Å². The van der Waals surface area contributed by atoms with Gasteiger partial charge in [-0.1, -0.05) is 38.5 Å². The van der Waals surface area contributed by atoms with E-state index in [0.29, 0.717) is 24.2 Å². The van der Waals surface area contributed by atoms with E-state index in [1.54, 1.807) is 6.92 Å². The lowest BCUT2D eigenvalue weighted by atomic mass is 9.97. The Morgan fingerprint density at radius 1 is 0.857 bits per heavy atom. The molecule has 116 valence electrons. The van der Waals surface area contributed by atoms with Crippen LogP contribution >= 0.6 is 0 Å². The number of hydrogen-bond donors (Lipinski definition) is 1. The summed E-state index contributed by atoms with van der Waals surface area (Å²) in [6.07, 6.45) is 9.53. The van der Waals surface area contributed by atoms with Gasteiger partial charge in [0.25, 0.3) is 0 Å². The van der Waals surface area contributed by atoms with E-state index >= 15 is 0 Å². The number of aryl methyl sites for hydroxylation is 1. The molecule has 4 heteroatoms. The third kappa shape index (κ3) is 3.96. The number of aromatic hydroxyl groups is 1. The van der Waals surface area contributed by atoms with Crippen molar-refractivity contribution in [3.63, 3.8) is 0 Å². The predicted octanol–water partition coefficient (Wildman–Crippen LogP) is 3.90. The summed E-state index contributed by atoms with van der Waals surface area (Å²) in [6.45, 7) is 1.67. The van der Waals surface area contributed by atoms with Gasteiger partial charge in [0.1, 0.15) is 17.1 Å². The van der Waals surface area contributed by atoms with Crippen molar-refractivity contribution in [1.82, 2.24) is 0 Å². The average Bonchev–Trinajstić information content (AvgIpc) is 2.42. The van der Waals surface area contributed by atoms with Gasteiger partial charge in [-0.15, -0.1) is 0 Å². The maximum Gasteiger partial charge on any atom is 0.350 e. The summed E-state index contributed by atoms with van der Waals surface area (Å²) in [5.41, 5.74) is -0.228. The van der Waals surface area contributed by atoms with E-state index < -0.39 is 5.63 Å². The monoisotopic (exact) mass is 292 g/mol. The normalized spacial score (nSPS) is 18.2. The number of carbonyl (C=O) groups excluding carboxylic acids is 1. The first kappa shape index (κ1) is 15.8. The van der Waals surface area contributed by atoms with Gasteiger partial charge >= 0.3 is 5.63 Å². The molecule has 21 heavy (non-hydrogen) atoms. The summed E-state index contributed by atoms with van der Waals surface area (Å²) >= 11 is 0. The predicted molar refractivity (Wildman–Crippen MR) is 81.0 cm³/mol. The molecular weight excluding hydrogens is 268 g/mol. The molecular formula is C17H24O4. The van der Waals surface area contributed by atoms with E-state index in [1.165, 1.54) is 19.3 Å². The Morgan fingerprint density at radius 2 is 1.38 bits per heavy atom. The molecule has 1 N–H and O–H groups in total. The van der Waals surface area contributed by atoms with Gasteiger partial charge < -0.3 is 9.52 Å². The minimum absolute atomic E-state index is 0.146. The van der Waals surface area contributed by atoms with Gasteiger partial charge in [0.2, 0.25) is 0 Å². The van der Waals surface area contributed by atoms with Crippen LogP contribution in [0.1, 0.15) is 79.5 Å². The molecule has 1 heterocycles. The molecule has 0 atom stereocenters. The van der Waals surface area contributed by atoms with Crippen LogP contribution in [0, 0.1) is 6.92 Å². The molecule has 2 rings (SSSR count). The molecule has 0 unspecified atom stereocenters. The lowest BCUT2D eigenvalue weighted by Crippen LogP contribution is -2.16. The van der Waals surface area contributed by atoms with Crippen LogP contribution in [0.15, 0.2) is 9.21 Å². The molecule has 0 saturated heterocycles. The summed E-state index contributed by atoms with van der Waals surface area (Å²) in [4.78, 5) is 24.1. The van der Waals surface area contributed by atoms with Crippen molar-refractivity contribution in [2.75, 3.05) is 0 Å². The van der Waals surface area contributed by atoms with Crippen molar-refractivity contribution in [3.05, 3.63) is 27.3 Å². The van der Waals surface area contributed by atoms with Crippen LogP contribution < -0.4 is 5.63 Å². The Kier molecular flexibility index (Phi) is 5.59. The zero-order chi connectivity index (χ0) is 15.2. The number of fused-ring (bicyclic) bond motifs is 2. The van der Waals surface area contributed by atoms with Crippen molar-refractivity contribution < 1.29 is 14.3 Å². The van der Waals surface area contributed by atoms with Crippen molar-refractivity contribution in [3.8, 4) is 5.75 Å². The minimum Gasteiger partial charge on any atom is -0.506 e. The average molecular weight is 292 g/mol. The van der Waals surface area contributed by atoms with Crippen molar-refractivity contribution in [1.29, 1.82) is 0 Å². The lowest BCUT2D eigenvalue weighted by molar-refractivity contribution is 0.0971. The SMILES string of the molecule is Cc1oc(=O)c2c(O)c1CCCCCCCCCCC2=O. The van der Waals surface area contributed by atoms with Crippen LogP contribution in [0.3, 0.4) is 0 Å². The number of hydrogen-bond acceptors (Lipinski definition) is 4. The highest BCUT2D eigenvalue weighted by atomic mass is 16.4. The number of rotatable bonds is 0. The van der Waals surface area contributed by atoms with Gasteiger partial charge in [0, 0.05) is 12.0 Å². The molecule has 2 bridgehead atoms. The van der Waals surface area contributed by atoms with E-state index in [-0.39, 0.29) is 17.1 Å². The van der Waals surface area contributed by atoms with Gasteiger partial charge in [-0.25, -0.2) is 4.79 Å². The van der Waals surface area contributed by atoms with Gasteiger partial charge in [-0.05, 0) is 26.2 Å². The van der Waals surface area contributed by atoms with Gasteiger partial charge in [0.15, 0.2) is 5.78 Å². The molecule has 0 spiro atoms. The summed E-state index contributed by atoms with van der Waals surface area (Å²) in [7, 11) is 0. The first-order valence-corrected chi connectivity index (χ1v) is 8.00. The molecule has 1 aromatic heterocycles. The smallest absolute Gasteiger partial charge is 0.350 e. The highest BCUT2D eigenvalue weighted by molar-refractivity contribution is 5.98. The molecule has 0 radical (unpaired) electrons. The fourth-order valence-electron chi connectivity index (χ4n) is 2.98. The molecule has 1 aliphatic rings. The Bertz CT molecular complexity index is 557. The van der Waals surface area contributed by atoms with Crippen molar-refractivity contribution in [2.45, 2.75) is 71.1 Å². The topological polar surface area (TPSA) is 67.5 Å². The maximum atomic E-state index is 12.2. The fraction of sp³-hybridized carbons (Fsp3) is 0.647. The van der Waals surface area contributed by atoms with Crippen LogP contribution in [-0.2, 0) is 6.42 Å². The zero-order valence-corrected chi connectivity index (χ0v) is 12.7. The summed E-state index contributed by atoms with van der Waals surface area (Å²) in [5.74, 6) is -0.00786. The second-order valence-corrected chi connectivity index (χ2v) is 5.90. The Balaban J connectivity index is 2.32. The molecule has 0 saturated carbocycles. The van der Waals surface area contributed by atoms with E-state index in [9.17, 15) is 14.7 Å². The number of carbonyl (C=O) groups is 1. The second kappa shape index (κ2) is 7.43. The first-order valence-electron chi connectivity index (χ1n) is 8.00. The summed E-state index contributed by atoms with van der Waals surface area (Å²) in [5, 5.41) is 10.3. The molecule has 0 aromatic carbocycles. The molecule has 0 aliphatic heterocycles. The van der Waals surface area contributed by atoms with Crippen molar-refractivity contribution in [2.24, 2.45) is 0 Å². The van der Waals surface area contributed by atoms with Crippen LogP contribution in [0.2, 0.25) is 0 Å². The Hall–Kier alpha value is -1.58. The van der Waals surface area contributed by atoms with Gasteiger partial charge in [-0.3, -0.25) is 4.79 Å². The first-order chi connectivity index (χ1) is 10.1. The third-order valence-electron chi connectivity index (χ3n) is 4.26. The molecule has 0 amide bonds. The molecule has 4 nitrogen and oxygen atoms in total. The largest absolute Gasteiger partial charge is 0.506 e. The third-order valence-corrected chi connectivity index (χ3v) is 4.26. The van der Waals surface area contributed by atoms with Crippen LogP contribution in [-0.4, -0.2) is 10.9 Å². The zero-order valence-electron chi connectivity index (χ0n) is 12.7. The van der Waals surface area contributed by atoms with E-state index in [2.05, 4.69) is 0 Å². The quantitative estimate of drug-likeness (QED) is 0.787. The highest BCUT2D eigenvalue weighted by Gasteiger charge is 2.22. The summed E-state index contributed by atoms with van der Waals surface area (Å²) in [6, 6.07) is 0. The van der Waals surface area contributed by atoms with Crippen LogP contribution in [0.5, 0.6) is 5.75 Å². The van der Waals surface area contributed by atoms with E-state index in [0.717, 1.165) is 32.1 Å². The van der Waals surface area contributed by atoms with E-state index in [4.69, 9.17) is 4.42 Å². The van der Waals surface area contributed by atoms with Gasteiger partial charge in [0.05, 0.1) is 0 Å². The minimum atomic E-state index is -0.703. The Labute approximate surface area is 125 Å². The summed E-state index contributed by atoms with van der Waals surface area (Å²) < 4.78 is 5.16. The van der Waals surface area contributed by atoms with Crippen molar-refractivity contribution >= 4 is 5.78 Å². The van der Waals surface area contributed by atoms with Gasteiger partial charge in [-0.2, -0.15) is 0 Å². The van der Waals surface area contributed by atoms with Crippen LogP contribution in [0.4, 0.5) is 0 Å². The Morgan fingerprint density at radius 3 is 2.00 bits per heavy atom. The fourth-order valence-corrected chi connectivity index (χ4v) is 2.98. The maximum absolute atomic E-state index is 12.2. The lowest BCUT2D eigenvalue weighted by Gasteiger charge is -2.11. The molecule has 0 fully saturated rings. The molecule has 1 aliphatic carbocycles. The number of Topliss-reactive ketones (excluding diaryl/α,β-unsaturated/α-hetero) is 1. The highest BCUT2D eigenvalue weighted by Crippen LogP contribution is 2.27. The number of ketones is 1. The standard InChI is InChI=1S/C17H24O4/c1-12-13-10-8-6-4-2-3-5-7-9-11-14(18)15(16(13)19)17(20)21-12/h19H,2-11H2,1H3. The molecule has 1 aromatic rings. The second-order valence-electron chi connectivity index (χ2n) is 5.90.